The van der Waals surface area contributed by atoms with E-state index in [9.17, 15) is 4.57 Å². The third kappa shape index (κ3) is 3.80. The molecule has 5 heteroatoms. The van der Waals surface area contributed by atoms with Gasteiger partial charge in [-0.2, -0.15) is 5.10 Å². The van der Waals surface area contributed by atoms with Crippen molar-refractivity contribution in [2.45, 2.75) is 0 Å². The Balaban J connectivity index is 1.73. The van der Waals surface area contributed by atoms with Gasteiger partial charge in [-0.1, -0.05) is 78.9 Å². The van der Waals surface area contributed by atoms with Gasteiger partial charge in [0.2, 0.25) is 0 Å². The lowest BCUT2D eigenvalue weighted by Crippen LogP contribution is -2.29. The molecule has 1 N–H and O–H groups in total. The van der Waals surface area contributed by atoms with E-state index in [-0.39, 0.29) is 0 Å². The number of anilines is 1. The number of hydrogen-bond acceptors (Lipinski definition) is 3. The molecular formula is C24H22N3OP. The minimum Gasteiger partial charge on any atom is -0.340 e. The number of aromatic nitrogens is 1. The molecule has 0 amide bonds. The molecule has 1 aromatic heterocycles. The zero-order chi connectivity index (χ0) is 20.1. The zero-order valence-corrected chi connectivity index (χ0v) is 17.0. The second-order valence-electron chi connectivity index (χ2n) is 6.69. The van der Waals surface area contributed by atoms with Crippen LogP contribution in [0.1, 0.15) is 5.69 Å². The molecule has 0 aliphatic rings. The van der Waals surface area contributed by atoms with Crippen molar-refractivity contribution in [2.75, 3.05) is 5.43 Å². The molecule has 3 aromatic carbocycles. The average molecular weight is 399 g/mol. The van der Waals surface area contributed by atoms with Crippen LogP contribution >= 0.6 is 7.14 Å². The summed E-state index contributed by atoms with van der Waals surface area (Å²) >= 11 is 0. The van der Waals surface area contributed by atoms with Crippen LogP contribution < -0.4 is 21.5 Å². The first-order chi connectivity index (χ1) is 14.2. The number of nitrogens with one attached hydrogen (secondary N) is 1. The Morgan fingerprint density at radius 2 is 1.28 bits per heavy atom. The lowest BCUT2D eigenvalue weighted by Gasteiger charge is -2.20. The average Bonchev–Trinajstić information content (AvgIpc) is 3.16. The molecular weight excluding hydrogens is 377 g/mol. The second kappa shape index (κ2) is 8.34. The monoisotopic (exact) mass is 399 g/mol. The lowest BCUT2D eigenvalue weighted by molar-refractivity contribution is 0.591. The predicted molar refractivity (Wildman–Crippen MR) is 122 cm³/mol. The lowest BCUT2D eigenvalue weighted by atomic mass is 10.3. The summed E-state index contributed by atoms with van der Waals surface area (Å²) < 4.78 is 16.4. The summed E-state index contributed by atoms with van der Waals surface area (Å²) in [7, 11) is -1.07. The summed E-state index contributed by atoms with van der Waals surface area (Å²) in [6.45, 7) is 0. The maximum absolute atomic E-state index is 14.5. The molecule has 4 rings (SSSR count). The fraction of sp³-hybridized carbons (Fsp3) is 0.0417. The summed E-state index contributed by atoms with van der Waals surface area (Å²) in [5, 5.41) is 5.96. The molecule has 0 radical (unpaired) electrons. The van der Waals surface area contributed by atoms with Crippen molar-refractivity contribution in [1.82, 2.24) is 4.57 Å². The molecule has 29 heavy (non-hydrogen) atoms. The SMILES string of the molecule is Cn1c(C=NNc2ccccc2)ccc1P(=O)(c1ccccc1)c1ccccc1. The van der Waals surface area contributed by atoms with Gasteiger partial charge in [0.1, 0.15) is 0 Å². The van der Waals surface area contributed by atoms with E-state index in [1.165, 1.54) is 0 Å². The first kappa shape index (κ1) is 19.0. The van der Waals surface area contributed by atoms with Crippen molar-refractivity contribution in [3.05, 3.63) is 109 Å². The topological polar surface area (TPSA) is 46.4 Å². The van der Waals surface area contributed by atoms with Crippen LogP contribution in [-0.2, 0) is 11.6 Å². The molecule has 0 fully saturated rings. The fourth-order valence-corrected chi connectivity index (χ4v) is 6.17. The van der Waals surface area contributed by atoms with E-state index in [0.717, 1.165) is 27.4 Å². The Morgan fingerprint density at radius 1 is 0.759 bits per heavy atom. The van der Waals surface area contributed by atoms with Gasteiger partial charge in [-0.15, -0.1) is 0 Å². The molecule has 0 atom stereocenters. The minimum atomic E-state index is -3.00. The van der Waals surface area contributed by atoms with Crippen molar-refractivity contribution in [2.24, 2.45) is 12.1 Å². The van der Waals surface area contributed by atoms with Crippen LogP contribution in [0.4, 0.5) is 5.69 Å². The molecule has 0 spiro atoms. The number of benzene rings is 3. The largest absolute Gasteiger partial charge is 0.340 e. The van der Waals surface area contributed by atoms with Gasteiger partial charge in [0, 0.05) is 17.7 Å². The Kier molecular flexibility index (Phi) is 5.46. The number of para-hydroxylation sites is 1. The highest BCUT2D eigenvalue weighted by Gasteiger charge is 2.32. The molecule has 144 valence electrons. The molecule has 0 saturated carbocycles. The Hall–Kier alpha value is -3.36. The summed E-state index contributed by atoms with van der Waals surface area (Å²) in [5.74, 6) is 0. The van der Waals surface area contributed by atoms with Gasteiger partial charge in [0.15, 0.2) is 7.14 Å². The fourth-order valence-electron chi connectivity index (χ4n) is 3.34. The van der Waals surface area contributed by atoms with Gasteiger partial charge in [-0.05, 0) is 24.3 Å². The smallest absolute Gasteiger partial charge is 0.186 e. The van der Waals surface area contributed by atoms with Crippen LogP contribution in [0.5, 0.6) is 0 Å². The van der Waals surface area contributed by atoms with Gasteiger partial charge < -0.3 is 9.13 Å². The van der Waals surface area contributed by atoms with Crippen molar-refractivity contribution < 1.29 is 4.57 Å². The van der Waals surface area contributed by atoms with Crippen LogP contribution in [-0.4, -0.2) is 10.8 Å². The van der Waals surface area contributed by atoms with Gasteiger partial charge in [0.05, 0.1) is 23.0 Å². The van der Waals surface area contributed by atoms with Crippen molar-refractivity contribution in [1.29, 1.82) is 0 Å². The van der Waals surface area contributed by atoms with Gasteiger partial charge >= 0.3 is 0 Å². The van der Waals surface area contributed by atoms with E-state index in [1.807, 2.05) is 115 Å². The number of rotatable bonds is 6. The predicted octanol–water partition coefficient (Wildman–Crippen LogP) is 4.11. The van der Waals surface area contributed by atoms with E-state index in [0.29, 0.717) is 0 Å². The normalized spacial score (nSPS) is 11.6. The van der Waals surface area contributed by atoms with Gasteiger partial charge in [-0.25, -0.2) is 0 Å². The summed E-state index contributed by atoms with van der Waals surface area (Å²) in [4.78, 5) is 0. The maximum atomic E-state index is 14.5. The van der Waals surface area contributed by atoms with Crippen LogP contribution in [0.15, 0.2) is 108 Å². The van der Waals surface area contributed by atoms with Gasteiger partial charge in [0.25, 0.3) is 0 Å². The van der Waals surface area contributed by atoms with Crippen molar-refractivity contribution >= 4 is 35.1 Å². The minimum absolute atomic E-state index is 0.774. The Morgan fingerprint density at radius 3 is 1.83 bits per heavy atom. The van der Waals surface area contributed by atoms with Crippen LogP contribution in [0, 0.1) is 0 Å². The van der Waals surface area contributed by atoms with E-state index in [2.05, 4.69) is 10.5 Å². The zero-order valence-electron chi connectivity index (χ0n) is 16.1. The maximum Gasteiger partial charge on any atom is 0.186 e. The third-order valence-corrected chi connectivity index (χ3v) is 8.01. The quantitative estimate of drug-likeness (QED) is 0.301. The Bertz CT molecular complexity index is 1110. The summed E-state index contributed by atoms with van der Waals surface area (Å²) in [5.41, 5.74) is 5.58. The number of hydrazone groups is 1. The third-order valence-electron chi connectivity index (χ3n) is 4.86. The van der Waals surface area contributed by atoms with E-state index >= 15 is 0 Å². The highest BCUT2D eigenvalue weighted by molar-refractivity contribution is 7.85. The molecule has 1 heterocycles. The molecule has 4 aromatic rings. The molecule has 0 aliphatic carbocycles. The first-order valence-corrected chi connectivity index (χ1v) is 11.1. The van der Waals surface area contributed by atoms with Crippen molar-refractivity contribution in [3.8, 4) is 0 Å². The number of hydrogen-bond donors (Lipinski definition) is 1. The molecule has 0 saturated heterocycles. The molecule has 0 bridgehead atoms. The van der Waals surface area contributed by atoms with Crippen LogP contribution in [0.25, 0.3) is 0 Å². The molecule has 0 unspecified atom stereocenters. The number of nitrogens with zero attached hydrogens (tertiary/aromatic N) is 2. The van der Waals surface area contributed by atoms with E-state index in [1.54, 1.807) is 6.21 Å². The summed E-state index contributed by atoms with van der Waals surface area (Å²) in [6, 6.07) is 33.0. The van der Waals surface area contributed by atoms with E-state index < -0.39 is 7.14 Å². The van der Waals surface area contributed by atoms with Crippen LogP contribution in [0.3, 0.4) is 0 Å². The van der Waals surface area contributed by atoms with Crippen LogP contribution in [0.2, 0.25) is 0 Å². The van der Waals surface area contributed by atoms with Gasteiger partial charge in [-0.3, -0.25) is 5.43 Å². The Labute approximate surface area is 170 Å². The van der Waals surface area contributed by atoms with E-state index in [4.69, 9.17) is 0 Å². The molecule has 0 aliphatic heterocycles. The second-order valence-corrected chi connectivity index (χ2v) is 9.40. The standard InChI is InChI=1S/C24H22N3OP/c1-27-21(19-25-26-20-11-5-2-6-12-20)17-18-24(27)29(28,22-13-7-3-8-14-22)23-15-9-4-10-16-23/h2-19,26H,1H3. The highest BCUT2D eigenvalue weighted by atomic mass is 31.2. The summed E-state index contributed by atoms with van der Waals surface area (Å²) in [6.07, 6.45) is 1.75. The molecule has 4 nitrogen and oxygen atoms in total. The highest BCUT2D eigenvalue weighted by Crippen LogP contribution is 2.42. The van der Waals surface area contributed by atoms with Crippen molar-refractivity contribution in [3.63, 3.8) is 0 Å². The first-order valence-electron chi connectivity index (χ1n) is 9.41.